The number of hydrogen-bond acceptors (Lipinski definition) is 5. The van der Waals surface area contributed by atoms with E-state index < -0.39 is 18.4 Å². The summed E-state index contributed by atoms with van der Waals surface area (Å²) in [6, 6.07) is 1.91. The van der Waals surface area contributed by atoms with Gasteiger partial charge in [-0.15, -0.1) is 0 Å². The average Bonchev–Trinajstić information content (AvgIpc) is 2.75. The number of carbonyl (C=O) groups is 1. The summed E-state index contributed by atoms with van der Waals surface area (Å²) in [5, 5.41) is 0. The number of hydrogen-bond donors (Lipinski definition) is 0. The fraction of sp³-hybridized carbons (Fsp3) is 0.727. The number of rotatable bonds is 6. The van der Waals surface area contributed by atoms with E-state index in [1.54, 1.807) is 6.20 Å². The van der Waals surface area contributed by atoms with Crippen LogP contribution >= 0.6 is 0 Å². The van der Waals surface area contributed by atoms with Gasteiger partial charge in [0.15, 0.2) is 6.10 Å². The lowest BCUT2D eigenvalue weighted by atomic mass is 9.94. The van der Waals surface area contributed by atoms with E-state index in [1.165, 1.54) is 4.90 Å². The molecule has 1 aromatic rings. The summed E-state index contributed by atoms with van der Waals surface area (Å²) in [5.41, 5.74) is 1.11. The Morgan fingerprint density at radius 2 is 1.74 bits per heavy atom. The van der Waals surface area contributed by atoms with Crippen molar-refractivity contribution >= 4 is 6.09 Å². The van der Waals surface area contributed by atoms with Crippen LogP contribution in [0.3, 0.4) is 0 Å². The maximum atomic E-state index is 12.6. The van der Waals surface area contributed by atoms with Crippen molar-refractivity contribution < 1.29 is 32.2 Å². The monoisotopic (exact) mass is 444 g/mol. The summed E-state index contributed by atoms with van der Waals surface area (Å²) in [4.78, 5) is 17.4. The molecule has 0 radical (unpaired) electrons. The van der Waals surface area contributed by atoms with Crippen molar-refractivity contribution in [3.63, 3.8) is 0 Å². The van der Waals surface area contributed by atoms with Crippen LogP contribution in [0.5, 0.6) is 5.75 Å². The van der Waals surface area contributed by atoms with E-state index in [2.05, 4.69) is 16.6 Å². The van der Waals surface area contributed by atoms with Crippen LogP contribution in [0, 0.1) is 0 Å². The number of amides is 1. The van der Waals surface area contributed by atoms with Crippen molar-refractivity contribution in [3.8, 4) is 5.75 Å². The van der Waals surface area contributed by atoms with Crippen LogP contribution in [0.2, 0.25) is 0 Å². The predicted molar refractivity (Wildman–Crippen MR) is 108 cm³/mol. The van der Waals surface area contributed by atoms with Gasteiger partial charge in [-0.25, -0.2) is 4.79 Å². The minimum absolute atomic E-state index is 0.0125. The maximum Gasteiger partial charge on any atom is 0.425 e. The number of alkyl halides is 3. The van der Waals surface area contributed by atoms with E-state index in [4.69, 9.17) is 9.47 Å². The second kappa shape index (κ2) is 10.5. The Balaban J connectivity index is 1.37. The first-order valence-corrected chi connectivity index (χ1v) is 11.0. The summed E-state index contributed by atoms with van der Waals surface area (Å²) in [6.45, 7) is 3.60. The lowest BCUT2D eigenvalue weighted by Crippen LogP contribution is -2.44. The van der Waals surface area contributed by atoms with Crippen LogP contribution in [-0.4, -0.2) is 59.7 Å². The maximum absolute atomic E-state index is 12.6. The molecular weight excluding hydrogens is 413 g/mol. The van der Waals surface area contributed by atoms with Gasteiger partial charge in [0.25, 0.3) is 0 Å². The van der Waals surface area contributed by atoms with Gasteiger partial charge < -0.3 is 19.1 Å². The molecule has 1 amide bonds. The molecular formula is C22H31F3N2O4. The first kappa shape index (κ1) is 23.6. The Morgan fingerprint density at radius 3 is 2.35 bits per heavy atom. The van der Waals surface area contributed by atoms with Crippen molar-refractivity contribution in [2.24, 2.45) is 0 Å². The molecule has 1 aromatic heterocycles. The second-order valence-corrected chi connectivity index (χ2v) is 8.24. The molecule has 9 heteroatoms. The Bertz CT molecular complexity index is 715. The van der Waals surface area contributed by atoms with Crippen LogP contribution in [0.1, 0.15) is 57.9 Å². The van der Waals surface area contributed by atoms with Gasteiger partial charge in [-0.2, -0.15) is 13.2 Å². The number of piperidine rings is 1. The molecule has 1 unspecified atom stereocenters. The third-order valence-electron chi connectivity index (χ3n) is 5.98. The van der Waals surface area contributed by atoms with Gasteiger partial charge in [0.2, 0.25) is 0 Å². The molecule has 31 heavy (non-hydrogen) atoms. The second-order valence-electron chi connectivity index (χ2n) is 8.24. The van der Waals surface area contributed by atoms with Gasteiger partial charge in [0, 0.05) is 31.0 Å². The largest absolute Gasteiger partial charge is 0.490 e. The van der Waals surface area contributed by atoms with Crippen molar-refractivity contribution in [2.45, 2.75) is 89.4 Å². The molecule has 6 nitrogen and oxygen atoms in total. The zero-order chi connectivity index (χ0) is 22.4. The average molecular weight is 444 g/mol. The van der Waals surface area contributed by atoms with E-state index in [-0.39, 0.29) is 18.3 Å². The number of halogens is 3. The molecule has 2 aliphatic rings. The number of pyridine rings is 1. The highest BCUT2D eigenvalue weighted by atomic mass is 19.4. The van der Waals surface area contributed by atoms with Crippen LogP contribution in [0.4, 0.5) is 18.0 Å². The lowest BCUT2D eigenvalue weighted by molar-refractivity contribution is -0.200. The van der Waals surface area contributed by atoms with Crippen molar-refractivity contribution in [3.05, 3.63) is 24.0 Å². The quantitative estimate of drug-likeness (QED) is 0.625. The Hall–Kier alpha value is -2.03. The van der Waals surface area contributed by atoms with Crippen LogP contribution in [-0.2, 0) is 15.9 Å². The van der Waals surface area contributed by atoms with E-state index in [0.717, 1.165) is 50.3 Å². The molecule has 1 aliphatic carbocycles. The number of likely N-dealkylation sites (tertiary alicyclic amines) is 1. The van der Waals surface area contributed by atoms with Crippen LogP contribution in [0.25, 0.3) is 0 Å². The molecule has 2 fully saturated rings. The van der Waals surface area contributed by atoms with Gasteiger partial charge in [-0.3, -0.25) is 4.98 Å². The lowest BCUT2D eigenvalue weighted by Gasteiger charge is -2.36. The van der Waals surface area contributed by atoms with Crippen molar-refractivity contribution in [1.29, 1.82) is 0 Å². The van der Waals surface area contributed by atoms with E-state index in [9.17, 15) is 18.0 Å². The van der Waals surface area contributed by atoms with Crippen LogP contribution < -0.4 is 4.74 Å². The number of carbonyl (C=O) groups excluding carboxylic acids is 1. The van der Waals surface area contributed by atoms with Gasteiger partial charge in [0.1, 0.15) is 5.75 Å². The molecule has 1 saturated heterocycles. The minimum atomic E-state index is -4.55. The molecule has 1 saturated carbocycles. The molecule has 0 aromatic carbocycles. The van der Waals surface area contributed by atoms with Crippen molar-refractivity contribution in [2.75, 3.05) is 13.1 Å². The SMILES string of the molecule is CCc1cnccc1OC1CCC(OC2CCN(C(=O)OC(C)C(F)(F)F)CC2)CC1. The molecule has 0 spiro atoms. The summed E-state index contributed by atoms with van der Waals surface area (Å²) >= 11 is 0. The molecule has 3 rings (SSSR count). The highest BCUT2D eigenvalue weighted by Gasteiger charge is 2.40. The third kappa shape index (κ3) is 6.72. The summed E-state index contributed by atoms with van der Waals surface area (Å²) in [6.07, 6.45) is 2.07. The first-order chi connectivity index (χ1) is 14.8. The normalized spacial score (nSPS) is 24.0. The van der Waals surface area contributed by atoms with Gasteiger partial charge in [-0.05, 0) is 57.9 Å². The van der Waals surface area contributed by atoms with Gasteiger partial charge in [0.05, 0.1) is 18.3 Å². The Labute approximate surface area is 181 Å². The molecule has 1 atom stereocenters. The van der Waals surface area contributed by atoms with Gasteiger partial charge >= 0.3 is 12.3 Å². The molecule has 174 valence electrons. The molecule has 2 heterocycles. The highest BCUT2D eigenvalue weighted by Crippen LogP contribution is 2.29. The summed E-state index contributed by atoms with van der Waals surface area (Å²) < 4.78 is 54.6. The zero-order valence-corrected chi connectivity index (χ0v) is 18.1. The Morgan fingerprint density at radius 1 is 1.13 bits per heavy atom. The topological polar surface area (TPSA) is 60.9 Å². The number of aryl methyl sites for hydroxylation is 1. The highest BCUT2D eigenvalue weighted by molar-refractivity contribution is 5.68. The third-order valence-corrected chi connectivity index (χ3v) is 5.98. The molecule has 0 bridgehead atoms. The minimum Gasteiger partial charge on any atom is -0.490 e. The van der Waals surface area contributed by atoms with E-state index >= 15 is 0 Å². The fourth-order valence-electron chi connectivity index (χ4n) is 4.00. The van der Waals surface area contributed by atoms with Crippen molar-refractivity contribution in [1.82, 2.24) is 9.88 Å². The predicted octanol–water partition coefficient (Wildman–Crippen LogP) is 4.90. The molecule has 1 aliphatic heterocycles. The first-order valence-electron chi connectivity index (χ1n) is 11.0. The number of nitrogens with zero attached hydrogens (tertiary/aromatic N) is 2. The zero-order valence-electron chi connectivity index (χ0n) is 18.1. The smallest absolute Gasteiger partial charge is 0.425 e. The number of aromatic nitrogens is 1. The fourth-order valence-corrected chi connectivity index (χ4v) is 4.00. The summed E-state index contributed by atoms with van der Waals surface area (Å²) in [7, 11) is 0. The van der Waals surface area contributed by atoms with E-state index in [0.29, 0.717) is 25.9 Å². The Kier molecular flexibility index (Phi) is 8.02. The number of ether oxygens (including phenoxy) is 3. The van der Waals surface area contributed by atoms with E-state index in [1.807, 2.05) is 12.3 Å². The standard InChI is InChI=1S/C22H31F3N2O4/c1-3-16-14-26-11-8-20(16)31-18-6-4-17(5-7-18)30-19-9-12-27(13-10-19)21(28)29-15(2)22(23,24)25/h8,11,14-15,17-19H,3-7,9-10,12-13H2,1-2H3. The van der Waals surface area contributed by atoms with Gasteiger partial charge in [-0.1, -0.05) is 6.92 Å². The summed E-state index contributed by atoms with van der Waals surface area (Å²) in [5.74, 6) is 0.904. The molecule has 0 N–H and O–H groups in total. The van der Waals surface area contributed by atoms with Crippen LogP contribution in [0.15, 0.2) is 18.5 Å².